The first-order chi connectivity index (χ1) is 8.70. The fraction of sp³-hybridized carbons (Fsp3) is 0.625. The smallest absolute Gasteiger partial charge is 0.000671 e. The molecule has 1 aromatic carbocycles. The van der Waals surface area contributed by atoms with E-state index in [-0.39, 0.29) is 0 Å². The molecule has 2 rings (SSSR count). The highest BCUT2D eigenvalue weighted by Crippen LogP contribution is 2.30. The van der Waals surface area contributed by atoms with Gasteiger partial charge >= 0.3 is 0 Å². The van der Waals surface area contributed by atoms with Crippen LogP contribution >= 0.6 is 0 Å². The van der Waals surface area contributed by atoms with Crippen molar-refractivity contribution in [1.82, 2.24) is 4.90 Å². The van der Waals surface area contributed by atoms with Gasteiger partial charge in [-0.3, -0.25) is 0 Å². The molecule has 1 aromatic rings. The Bertz CT molecular complexity index is 379. The van der Waals surface area contributed by atoms with Crippen molar-refractivity contribution in [2.75, 3.05) is 26.2 Å². The van der Waals surface area contributed by atoms with Crippen LogP contribution in [-0.4, -0.2) is 31.1 Å². The Labute approximate surface area is 111 Å². The van der Waals surface area contributed by atoms with Crippen molar-refractivity contribution in [2.24, 2.45) is 5.73 Å². The van der Waals surface area contributed by atoms with Crippen molar-refractivity contribution in [3.05, 3.63) is 34.9 Å². The zero-order valence-electron chi connectivity index (χ0n) is 11.8. The second-order valence-corrected chi connectivity index (χ2v) is 5.62. The topological polar surface area (TPSA) is 29.3 Å². The van der Waals surface area contributed by atoms with E-state index in [1.807, 2.05) is 0 Å². The summed E-state index contributed by atoms with van der Waals surface area (Å²) in [7, 11) is 0. The van der Waals surface area contributed by atoms with E-state index >= 15 is 0 Å². The standard InChI is InChI=1S/C16H26N2/c1-13-4-5-14(2)16(12-13)15-6-10-18(11-7-15)9-3-8-17/h4-5,12,15H,3,6-11,17H2,1-2H3. The van der Waals surface area contributed by atoms with Gasteiger partial charge in [-0.2, -0.15) is 0 Å². The number of rotatable bonds is 4. The molecular weight excluding hydrogens is 220 g/mol. The Morgan fingerprint density at radius 1 is 1.22 bits per heavy atom. The Kier molecular flexibility index (Phi) is 4.79. The van der Waals surface area contributed by atoms with Crippen LogP contribution in [0.5, 0.6) is 0 Å². The van der Waals surface area contributed by atoms with Crippen LogP contribution in [-0.2, 0) is 0 Å². The van der Waals surface area contributed by atoms with E-state index in [0.29, 0.717) is 0 Å². The SMILES string of the molecule is Cc1ccc(C)c(C2CCN(CCCN)CC2)c1. The molecule has 0 radical (unpaired) electrons. The third kappa shape index (κ3) is 3.33. The van der Waals surface area contributed by atoms with E-state index in [1.54, 1.807) is 5.56 Å². The Balaban J connectivity index is 1.94. The summed E-state index contributed by atoms with van der Waals surface area (Å²) in [5, 5.41) is 0. The molecule has 0 aromatic heterocycles. The fourth-order valence-electron chi connectivity index (χ4n) is 2.98. The molecule has 0 aliphatic carbocycles. The van der Waals surface area contributed by atoms with Gasteiger partial charge in [-0.05, 0) is 76.3 Å². The highest BCUT2D eigenvalue weighted by atomic mass is 15.1. The summed E-state index contributed by atoms with van der Waals surface area (Å²) in [5.74, 6) is 0.763. The maximum absolute atomic E-state index is 5.57. The Hall–Kier alpha value is -0.860. The highest BCUT2D eigenvalue weighted by molar-refractivity contribution is 5.33. The molecule has 0 saturated carbocycles. The maximum atomic E-state index is 5.57. The number of nitrogens with zero attached hydrogens (tertiary/aromatic N) is 1. The lowest BCUT2D eigenvalue weighted by molar-refractivity contribution is 0.211. The van der Waals surface area contributed by atoms with Gasteiger partial charge in [0.25, 0.3) is 0 Å². The summed E-state index contributed by atoms with van der Waals surface area (Å²) in [6, 6.07) is 6.87. The Morgan fingerprint density at radius 2 is 1.94 bits per heavy atom. The average molecular weight is 246 g/mol. The highest BCUT2D eigenvalue weighted by Gasteiger charge is 2.21. The molecule has 18 heavy (non-hydrogen) atoms. The van der Waals surface area contributed by atoms with Crippen LogP contribution in [0.4, 0.5) is 0 Å². The largest absolute Gasteiger partial charge is 0.330 e. The zero-order valence-corrected chi connectivity index (χ0v) is 11.8. The molecule has 2 N–H and O–H groups in total. The molecule has 0 spiro atoms. The van der Waals surface area contributed by atoms with Crippen LogP contribution in [0.2, 0.25) is 0 Å². The second kappa shape index (κ2) is 6.35. The lowest BCUT2D eigenvalue weighted by Crippen LogP contribution is -2.34. The van der Waals surface area contributed by atoms with Gasteiger partial charge in [-0.1, -0.05) is 23.8 Å². The molecule has 1 aliphatic heterocycles. The zero-order chi connectivity index (χ0) is 13.0. The van der Waals surface area contributed by atoms with Crippen molar-refractivity contribution in [3.63, 3.8) is 0 Å². The van der Waals surface area contributed by atoms with Crippen LogP contribution in [0.3, 0.4) is 0 Å². The van der Waals surface area contributed by atoms with E-state index in [4.69, 9.17) is 5.73 Å². The molecule has 100 valence electrons. The fourth-order valence-corrected chi connectivity index (χ4v) is 2.98. The normalized spacial score (nSPS) is 18.2. The summed E-state index contributed by atoms with van der Waals surface area (Å²) in [6.07, 6.45) is 3.73. The van der Waals surface area contributed by atoms with Crippen molar-refractivity contribution >= 4 is 0 Å². The van der Waals surface area contributed by atoms with E-state index in [2.05, 4.69) is 36.9 Å². The predicted molar refractivity (Wildman–Crippen MR) is 78.0 cm³/mol. The van der Waals surface area contributed by atoms with Crippen LogP contribution in [0.1, 0.15) is 41.9 Å². The molecule has 1 fully saturated rings. The third-order valence-corrected chi connectivity index (χ3v) is 4.14. The summed E-state index contributed by atoms with van der Waals surface area (Å²) >= 11 is 0. The number of piperidine rings is 1. The number of likely N-dealkylation sites (tertiary alicyclic amines) is 1. The maximum Gasteiger partial charge on any atom is -0.000671 e. The van der Waals surface area contributed by atoms with Crippen LogP contribution < -0.4 is 5.73 Å². The first-order valence-corrected chi connectivity index (χ1v) is 7.20. The minimum Gasteiger partial charge on any atom is -0.330 e. The van der Waals surface area contributed by atoms with Gasteiger partial charge in [0, 0.05) is 0 Å². The molecule has 0 unspecified atom stereocenters. The summed E-state index contributed by atoms with van der Waals surface area (Å²) < 4.78 is 0. The lowest BCUT2D eigenvalue weighted by Gasteiger charge is -2.32. The van der Waals surface area contributed by atoms with Gasteiger partial charge in [0.2, 0.25) is 0 Å². The predicted octanol–water partition coefficient (Wildman–Crippen LogP) is 2.83. The quantitative estimate of drug-likeness (QED) is 0.885. The molecule has 1 saturated heterocycles. The van der Waals surface area contributed by atoms with Crippen LogP contribution in [0.15, 0.2) is 18.2 Å². The second-order valence-electron chi connectivity index (χ2n) is 5.62. The van der Waals surface area contributed by atoms with Gasteiger partial charge < -0.3 is 10.6 Å². The Morgan fingerprint density at radius 3 is 2.61 bits per heavy atom. The molecule has 1 aliphatic rings. The van der Waals surface area contributed by atoms with E-state index < -0.39 is 0 Å². The first-order valence-electron chi connectivity index (χ1n) is 7.20. The number of aryl methyl sites for hydroxylation is 2. The van der Waals surface area contributed by atoms with Gasteiger partial charge in [0.1, 0.15) is 0 Å². The van der Waals surface area contributed by atoms with E-state index in [9.17, 15) is 0 Å². The van der Waals surface area contributed by atoms with Crippen molar-refractivity contribution in [3.8, 4) is 0 Å². The van der Waals surface area contributed by atoms with Gasteiger partial charge in [-0.15, -0.1) is 0 Å². The number of hydrogen-bond acceptors (Lipinski definition) is 2. The molecule has 0 atom stereocenters. The van der Waals surface area contributed by atoms with Crippen LogP contribution in [0, 0.1) is 13.8 Å². The molecule has 2 heteroatoms. The first kappa shape index (κ1) is 13.6. The number of hydrogen-bond donors (Lipinski definition) is 1. The molecule has 2 nitrogen and oxygen atoms in total. The van der Waals surface area contributed by atoms with Gasteiger partial charge in [0.15, 0.2) is 0 Å². The molecule has 0 amide bonds. The minimum absolute atomic E-state index is 0.763. The minimum atomic E-state index is 0.763. The third-order valence-electron chi connectivity index (χ3n) is 4.14. The average Bonchev–Trinajstić information content (AvgIpc) is 2.40. The summed E-state index contributed by atoms with van der Waals surface area (Å²) in [4.78, 5) is 2.56. The molecular formula is C16H26N2. The van der Waals surface area contributed by atoms with Gasteiger partial charge in [-0.25, -0.2) is 0 Å². The van der Waals surface area contributed by atoms with Crippen molar-refractivity contribution in [2.45, 2.75) is 39.0 Å². The number of benzene rings is 1. The summed E-state index contributed by atoms with van der Waals surface area (Å²) in [5.41, 5.74) is 10.0. The molecule has 1 heterocycles. The van der Waals surface area contributed by atoms with Crippen molar-refractivity contribution < 1.29 is 0 Å². The van der Waals surface area contributed by atoms with E-state index in [1.165, 1.54) is 43.6 Å². The van der Waals surface area contributed by atoms with Crippen LogP contribution in [0.25, 0.3) is 0 Å². The van der Waals surface area contributed by atoms with Gasteiger partial charge in [0.05, 0.1) is 0 Å². The summed E-state index contributed by atoms with van der Waals surface area (Å²) in [6.45, 7) is 8.90. The monoisotopic (exact) mass is 246 g/mol. The van der Waals surface area contributed by atoms with E-state index in [0.717, 1.165) is 18.9 Å². The van der Waals surface area contributed by atoms with Crippen molar-refractivity contribution in [1.29, 1.82) is 0 Å². The molecule has 0 bridgehead atoms. The number of nitrogens with two attached hydrogens (primary N) is 1. The lowest BCUT2D eigenvalue weighted by atomic mass is 9.86.